The molecule has 2 rings (SSSR count). The predicted octanol–water partition coefficient (Wildman–Crippen LogP) is 2.91. The van der Waals surface area contributed by atoms with Crippen LogP contribution in [-0.4, -0.2) is 22.4 Å². The summed E-state index contributed by atoms with van der Waals surface area (Å²) in [7, 11) is 1.93. The summed E-state index contributed by atoms with van der Waals surface area (Å²) in [4.78, 5) is 0. The maximum atomic E-state index is 5.93. The monoisotopic (exact) mass is 273 g/mol. The molecule has 1 unspecified atom stereocenters. The first-order valence-corrected chi connectivity index (χ1v) is 7.10. The zero-order valence-corrected chi connectivity index (χ0v) is 12.6. The van der Waals surface area contributed by atoms with E-state index in [1.807, 2.05) is 56.0 Å². The number of hydrogen-bond acceptors (Lipinski definition) is 3. The van der Waals surface area contributed by atoms with E-state index in [9.17, 15) is 0 Å². The van der Waals surface area contributed by atoms with E-state index < -0.39 is 0 Å². The third kappa shape index (κ3) is 3.39. The number of hydrogen-bond donors (Lipinski definition) is 1. The lowest BCUT2D eigenvalue weighted by atomic mass is 10.0. The Morgan fingerprint density at radius 2 is 2.00 bits per heavy atom. The Morgan fingerprint density at radius 1 is 1.25 bits per heavy atom. The van der Waals surface area contributed by atoms with E-state index in [4.69, 9.17) is 4.74 Å². The van der Waals surface area contributed by atoms with Gasteiger partial charge in [-0.15, -0.1) is 0 Å². The maximum absolute atomic E-state index is 5.93. The topological polar surface area (TPSA) is 39.1 Å². The number of nitrogens with one attached hydrogen (secondary N) is 1. The van der Waals surface area contributed by atoms with Crippen molar-refractivity contribution < 1.29 is 4.74 Å². The van der Waals surface area contributed by atoms with Crippen LogP contribution in [0.1, 0.15) is 38.1 Å². The lowest BCUT2D eigenvalue weighted by Gasteiger charge is -2.21. The normalized spacial score (nSPS) is 12.7. The van der Waals surface area contributed by atoms with Gasteiger partial charge >= 0.3 is 0 Å². The third-order valence-electron chi connectivity index (χ3n) is 3.03. The van der Waals surface area contributed by atoms with Gasteiger partial charge in [0.1, 0.15) is 5.75 Å². The Kier molecular flexibility index (Phi) is 4.79. The van der Waals surface area contributed by atoms with Crippen molar-refractivity contribution in [3.63, 3.8) is 0 Å². The molecule has 1 N–H and O–H groups in total. The molecule has 1 atom stereocenters. The molecule has 0 aliphatic rings. The van der Waals surface area contributed by atoms with Gasteiger partial charge in [-0.3, -0.25) is 4.68 Å². The summed E-state index contributed by atoms with van der Waals surface area (Å²) in [5, 5.41) is 8.01. The lowest BCUT2D eigenvalue weighted by Crippen LogP contribution is -2.23. The molecule has 4 heteroatoms. The van der Waals surface area contributed by atoms with Crippen LogP contribution >= 0.6 is 0 Å². The van der Waals surface area contributed by atoms with Crippen molar-refractivity contribution in [2.75, 3.05) is 6.54 Å². The molecule has 0 aliphatic heterocycles. The zero-order valence-electron chi connectivity index (χ0n) is 12.6. The van der Waals surface area contributed by atoms with Crippen molar-refractivity contribution in [2.24, 2.45) is 7.05 Å². The fraction of sp³-hybridized carbons (Fsp3) is 0.438. The molecule has 108 valence electrons. The fourth-order valence-electron chi connectivity index (χ4n) is 2.25. The van der Waals surface area contributed by atoms with Crippen LogP contribution in [0, 0.1) is 0 Å². The Morgan fingerprint density at radius 3 is 2.60 bits per heavy atom. The number of nitrogens with zero attached hydrogens (tertiary/aromatic N) is 2. The minimum Gasteiger partial charge on any atom is -0.491 e. The van der Waals surface area contributed by atoms with E-state index in [2.05, 4.69) is 23.4 Å². The second kappa shape index (κ2) is 6.57. The van der Waals surface area contributed by atoms with E-state index in [0.29, 0.717) is 0 Å². The number of benzene rings is 1. The zero-order chi connectivity index (χ0) is 14.5. The highest BCUT2D eigenvalue weighted by Crippen LogP contribution is 2.29. The van der Waals surface area contributed by atoms with E-state index in [1.54, 1.807) is 0 Å². The highest BCUT2D eigenvalue weighted by Gasteiger charge is 2.19. The Balaban J connectivity index is 2.38. The molecule has 0 radical (unpaired) electrons. The van der Waals surface area contributed by atoms with Crippen molar-refractivity contribution in [3.05, 3.63) is 47.8 Å². The minimum absolute atomic E-state index is 0.0520. The Hall–Kier alpha value is -1.81. The van der Waals surface area contributed by atoms with Crippen LogP contribution < -0.4 is 10.1 Å². The summed E-state index contributed by atoms with van der Waals surface area (Å²) in [5.74, 6) is 0.916. The highest BCUT2D eigenvalue weighted by molar-refractivity contribution is 5.40. The van der Waals surface area contributed by atoms with Gasteiger partial charge < -0.3 is 10.1 Å². The van der Waals surface area contributed by atoms with Gasteiger partial charge in [-0.25, -0.2) is 0 Å². The molecule has 0 fully saturated rings. The highest BCUT2D eigenvalue weighted by atomic mass is 16.5. The summed E-state index contributed by atoms with van der Waals surface area (Å²) in [6.45, 7) is 7.05. The molecule has 1 aromatic carbocycles. The van der Waals surface area contributed by atoms with Gasteiger partial charge in [0.15, 0.2) is 0 Å². The van der Waals surface area contributed by atoms with Gasteiger partial charge in [-0.2, -0.15) is 5.10 Å². The molecule has 1 aromatic heterocycles. The first kappa shape index (κ1) is 14.6. The van der Waals surface area contributed by atoms with Crippen LogP contribution in [0.25, 0.3) is 0 Å². The average molecular weight is 273 g/mol. The van der Waals surface area contributed by atoms with Crippen molar-refractivity contribution in [2.45, 2.75) is 32.9 Å². The van der Waals surface area contributed by atoms with Gasteiger partial charge in [0.25, 0.3) is 0 Å². The SMILES string of the molecule is CCNC(c1ccn(C)n1)c1ccccc1OC(C)C. The molecule has 2 aromatic rings. The Labute approximate surface area is 120 Å². The smallest absolute Gasteiger partial charge is 0.124 e. The van der Waals surface area contributed by atoms with E-state index in [0.717, 1.165) is 23.6 Å². The largest absolute Gasteiger partial charge is 0.491 e. The molecule has 0 aliphatic carbocycles. The summed E-state index contributed by atoms with van der Waals surface area (Å²) < 4.78 is 7.75. The molecule has 20 heavy (non-hydrogen) atoms. The van der Waals surface area contributed by atoms with Crippen LogP contribution in [-0.2, 0) is 7.05 Å². The van der Waals surface area contributed by atoms with Crippen molar-refractivity contribution in [3.8, 4) is 5.75 Å². The summed E-state index contributed by atoms with van der Waals surface area (Å²) in [6, 6.07) is 10.2. The summed E-state index contributed by atoms with van der Waals surface area (Å²) in [5.41, 5.74) is 2.14. The number of rotatable bonds is 6. The number of para-hydroxylation sites is 1. The van der Waals surface area contributed by atoms with E-state index in [1.165, 1.54) is 0 Å². The van der Waals surface area contributed by atoms with Crippen LogP contribution in [0.5, 0.6) is 5.75 Å². The third-order valence-corrected chi connectivity index (χ3v) is 3.03. The standard InChI is InChI=1S/C16H23N3O/c1-5-17-16(14-10-11-19(4)18-14)13-8-6-7-9-15(13)20-12(2)3/h6-12,16-17H,5H2,1-4H3. The second-order valence-corrected chi connectivity index (χ2v) is 5.11. The van der Waals surface area contributed by atoms with E-state index >= 15 is 0 Å². The summed E-state index contributed by atoms with van der Waals surface area (Å²) in [6.07, 6.45) is 2.12. The van der Waals surface area contributed by atoms with Crippen molar-refractivity contribution in [1.82, 2.24) is 15.1 Å². The van der Waals surface area contributed by atoms with Crippen molar-refractivity contribution in [1.29, 1.82) is 0 Å². The molecule has 0 saturated carbocycles. The van der Waals surface area contributed by atoms with Crippen LogP contribution in [0.4, 0.5) is 0 Å². The predicted molar refractivity (Wildman–Crippen MR) is 80.9 cm³/mol. The van der Waals surface area contributed by atoms with Crippen LogP contribution in [0.3, 0.4) is 0 Å². The average Bonchev–Trinajstić information content (AvgIpc) is 2.83. The van der Waals surface area contributed by atoms with Gasteiger partial charge in [0.2, 0.25) is 0 Å². The van der Waals surface area contributed by atoms with Gasteiger partial charge in [0.05, 0.1) is 17.8 Å². The molecule has 4 nitrogen and oxygen atoms in total. The molecule has 0 saturated heterocycles. The maximum Gasteiger partial charge on any atom is 0.124 e. The molecule has 1 heterocycles. The van der Waals surface area contributed by atoms with Gasteiger partial charge in [0, 0.05) is 18.8 Å². The van der Waals surface area contributed by atoms with E-state index in [-0.39, 0.29) is 12.1 Å². The molecule has 0 amide bonds. The molecular formula is C16H23N3O. The second-order valence-electron chi connectivity index (χ2n) is 5.11. The van der Waals surface area contributed by atoms with Crippen LogP contribution in [0.2, 0.25) is 0 Å². The number of aryl methyl sites for hydroxylation is 1. The summed E-state index contributed by atoms with van der Waals surface area (Å²) >= 11 is 0. The molecule has 0 spiro atoms. The quantitative estimate of drug-likeness (QED) is 0.879. The lowest BCUT2D eigenvalue weighted by molar-refractivity contribution is 0.238. The van der Waals surface area contributed by atoms with Crippen molar-refractivity contribution >= 4 is 0 Å². The van der Waals surface area contributed by atoms with Crippen LogP contribution in [0.15, 0.2) is 36.5 Å². The number of ether oxygens (including phenoxy) is 1. The Bertz CT molecular complexity index is 548. The molecule has 0 bridgehead atoms. The van der Waals surface area contributed by atoms with Gasteiger partial charge in [-0.05, 0) is 32.5 Å². The first-order valence-electron chi connectivity index (χ1n) is 7.10. The minimum atomic E-state index is 0.0520. The first-order chi connectivity index (χ1) is 9.61. The number of aromatic nitrogens is 2. The van der Waals surface area contributed by atoms with Gasteiger partial charge in [-0.1, -0.05) is 25.1 Å². The fourth-order valence-corrected chi connectivity index (χ4v) is 2.25. The molecular weight excluding hydrogens is 250 g/mol.